The highest BCUT2D eigenvalue weighted by Gasteiger charge is 2.41. The molecule has 2 aromatic rings. The second-order valence-electron chi connectivity index (χ2n) is 6.65. The topological polar surface area (TPSA) is 40.5 Å². The highest BCUT2D eigenvalue weighted by Crippen LogP contribution is 2.36. The van der Waals surface area contributed by atoms with Crippen molar-refractivity contribution in [3.05, 3.63) is 71.5 Å². The number of hydrogen-bond acceptors (Lipinski definition) is 2. The first kappa shape index (κ1) is 16.7. The fourth-order valence-electron chi connectivity index (χ4n) is 3.44. The highest BCUT2D eigenvalue weighted by molar-refractivity contribution is 5.75. The van der Waals surface area contributed by atoms with Crippen molar-refractivity contribution >= 4 is 5.97 Å². The first-order chi connectivity index (χ1) is 11.6. The number of halogens is 1. The zero-order chi connectivity index (χ0) is 17.0. The molecule has 0 spiro atoms. The minimum Gasteiger partial charge on any atom is -0.481 e. The van der Waals surface area contributed by atoms with E-state index in [0.717, 1.165) is 30.8 Å². The van der Waals surface area contributed by atoms with Gasteiger partial charge in [0.15, 0.2) is 0 Å². The van der Waals surface area contributed by atoms with Gasteiger partial charge in [-0.05, 0) is 55.6 Å². The van der Waals surface area contributed by atoms with Crippen LogP contribution in [0, 0.1) is 11.2 Å². The van der Waals surface area contributed by atoms with Crippen LogP contribution in [0.5, 0.6) is 0 Å². The van der Waals surface area contributed by atoms with Crippen LogP contribution in [-0.4, -0.2) is 29.1 Å². The fourth-order valence-corrected chi connectivity index (χ4v) is 3.44. The minimum atomic E-state index is -0.701. The van der Waals surface area contributed by atoms with Gasteiger partial charge in [-0.3, -0.25) is 9.69 Å². The van der Waals surface area contributed by atoms with Gasteiger partial charge in [0.1, 0.15) is 5.82 Å². The quantitative estimate of drug-likeness (QED) is 0.909. The summed E-state index contributed by atoms with van der Waals surface area (Å²) in [5.74, 6) is -0.932. The Labute approximate surface area is 141 Å². The summed E-state index contributed by atoms with van der Waals surface area (Å²) in [5, 5.41) is 9.80. The van der Waals surface area contributed by atoms with E-state index in [1.807, 2.05) is 30.3 Å². The lowest BCUT2D eigenvalue weighted by Crippen LogP contribution is -2.45. The molecule has 0 unspecified atom stereocenters. The number of piperidine rings is 1. The van der Waals surface area contributed by atoms with E-state index >= 15 is 0 Å². The summed E-state index contributed by atoms with van der Waals surface area (Å²) in [6, 6.07) is 16.4. The Kier molecular flexibility index (Phi) is 4.95. The molecular formula is C20H22FNO2. The van der Waals surface area contributed by atoms with E-state index in [0.29, 0.717) is 19.3 Å². The monoisotopic (exact) mass is 327 g/mol. The molecule has 126 valence electrons. The van der Waals surface area contributed by atoms with Gasteiger partial charge in [0, 0.05) is 6.54 Å². The number of rotatable bonds is 5. The van der Waals surface area contributed by atoms with E-state index in [9.17, 15) is 14.3 Å². The first-order valence-corrected chi connectivity index (χ1v) is 8.32. The Morgan fingerprint density at radius 1 is 1.00 bits per heavy atom. The van der Waals surface area contributed by atoms with Crippen molar-refractivity contribution in [2.24, 2.45) is 5.41 Å². The van der Waals surface area contributed by atoms with Crippen molar-refractivity contribution in [1.29, 1.82) is 0 Å². The van der Waals surface area contributed by atoms with Crippen LogP contribution < -0.4 is 0 Å². The Hall–Kier alpha value is -2.20. The Balaban J connectivity index is 1.64. The molecule has 2 aromatic carbocycles. The largest absolute Gasteiger partial charge is 0.481 e. The van der Waals surface area contributed by atoms with Crippen LogP contribution in [-0.2, 0) is 17.8 Å². The average molecular weight is 327 g/mol. The molecule has 0 saturated carbocycles. The summed E-state index contributed by atoms with van der Waals surface area (Å²) in [6.45, 7) is 2.23. The van der Waals surface area contributed by atoms with Crippen molar-refractivity contribution in [2.75, 3.05) is 13.1 Å². The second-order valence-corrected chi connectivity index (χ2v) is 6.65. The second kappa shape index (κ2) is 7.14. The molecule has 0 aromatic heterocycles. The minimum absolute atomic E-state index is 0.231. The van der Waals surface area contributed by atoms with Gasteiger partial charge in [-0.15, -0.1) is 0 Å². The third kappa shape index (κ3) is 3.82. The van der Waals surface area contributed by atoms with E-state index in [1.165, 1.54) is 12.1 Å². The van der Waals surface area contributed by atoms with Gasteiger partial charge < -0.3 is 5.11 Å². The van der Waals surface area contributed by atoms with Crippen LogP contribution in [0.25, 0.3) is 0 Å². The number of carboxylic acid groups (broad SMARTS) is 1. The maximum atomic E-state index is 13.0. The molecule has 1 aliphatic rings. The molecule has 0 aliphatic carbocycles. The number of benzene rings is 2. The molecule has 1 saturated heterocycles. The van der Waals surface area contributed by atoms with E-state index in [-0.39, 0.29) is 5.82 Å². The number of carboxylic acids is 1. The lowest BCUT2D eigenvalue weighted by molar-refractivity contribution is -0.152. The zero-order valence-electron chi connectivity index (χ0n) is 13.6. The van der Waals surface area contributed by atoms with Gasteiger partial charge in [-0.1, -0.05) is 42.5 Å². The highest BCUT2D eigenvalue weighted by atomic mass is 19.1. The molecule has 0 radical (unpaired) electrons. The van der Waals surface area contributed by atoms with Gasteiger partial charge in [0.25, 0.3) is 0 Å². The Bertz CT molecular complexity index is 677. The maximum absolute atomic E-state index is 13.0. The van der Waals surface area contributed by atoms with E-state index in [4.69, 9.17) is 0 Å². The number of hydrogen-bond donors (Lipinski definition) is 1. The van der Waals surface area contributed by atoms with Crippen molar-refractivity contribution in [3.63, 3.8) is 0 Å². The first-order valence-electron chi connectivity index (χ1n) is 8.32. The number of aliphatic carboxylic acids is 1. The Morgan fingerprint density at radius 3 is 2.21 bits per heavy atom. The van der Waals surface area contributed by atoms with Gasteiger partial charge in [-0.2, -0.15) is 0 Å². The molecule has 24 heavy (non-hydrogen) atoms. The zero-order valence-corrected chi connectivity index (χ0v) is 13.6. The number of likely N-dealkylation sites (tertiary alicyclic amines) is 1. The molecule has 0 bridgehead atoms. The van der Waals surface area contributed by atoms with Crippen LogP contribution in [0.3, 0.4) is 0 Å². The van der Waals surface area contributed by atoms with Crippen molar-refractivity contribution in [2.45, 2.75) is 25.8 Å². The van der Waals surface area contributed by atoms with E-state index < -0.39 is 11.4 Å². The van der Waals surface area contributed by atoms with Crippen LogP contribution >= 0.6 is 0 Å². The van der Waals surface area contributed by atoms with Crippen molar-refractivity contribution in [1.82, 2.24) is 4.90 Å². The average Bonchev–Trinajstić information content (AvgIpc) is 2.59. The molecule has 0 atom stereocenters. The van der Waals surface area contributed by atoms with Crippen LogP contribution in [0.15, 0.2) is 54.6 Å². The van der Waals surface area contributed by atoms with Crippen LogP contribution in [0.4, 0.5) is 4.39 Å². The summed E-state index contributed by atoms with van der Waals surface area (Å²) >= 11 is 0. The summed E-state index contributed by atoms with van der Waals surface area (Å²) in [6.07, 6.45) is 1.85. The van der Waals surface area contributed by atoms with Crippen LogP contribution in [0.1, 0.15) is 24.0 Å². The number of carbonyl (C=O) groups is 1. The van der Waals surface area contributed by atoms with Gasteiger partial charge in [0.05, 0.1) is 5.41 Å². The van der Waals surface area contributed by atoms with Gasteiger partial charge >= 0.3 is 5.97 Å². The van der Waals surface area contributed by atoms with E-state index in [2.05, 4.69) is 4.90 Å². The predicted molar refractivity (Wildman–Crippen MR) is 91.1 cm³/mol. The van der Waals surface area contributed by atoms with Gasteiger partial charge in [0.2, 0.25) is 0 Å². The molecule has 1 aliphatic heterocycles. The molecule has 0 amide bonds. The summed E-state index contributed by atoms with van der Waals surface area (Å²) < 4.78 is 13.0. The van der Waals surface area contributed by atoms with Crippen molar-refractivity contribution in [3.8, 4) is 0 Å². The normalized spacial score (nSPS) is 17.5. The molecule has 1 heterocycles. The van der Waals surface area contributed by atoms with Gasteiger partial charge in [-0.25, -0.2) is 4.39 Å². The molecular weight excluding hydrogens is 305 g/mol. The fraction of sp³-hybridized carbons (Fsp3) is 0.350. The smallest absolute Gasteiger partial charge is 0.310 e. The molecule has 3 rings (SSSR count). The van der Waals surface area contributed by atoms with Crippen molar-refractivity contribution < 1.29 is 14.3 Å². The van der Waals surface area contributed by atoms with E-state index in [1.54, 1.807) is 12.1 Å². The summed E-state index contributed by atoms with van der Waals surface area (Å²) in [5.41, 5.74) is 1.45. The lowest BCUT2D eigenvalue weighted by Gasteiger charge is -2.39. The predicted octanol–water partition coefficient (Wildman–Crippen LogP) is 3.74. The summed E-state index contributed by atoms with van der Waals surface area (Å²) in [4.78, 5) is 14.2. The maximum Gasteiger partial charge on any atom is 0.310 e. The van der Waals surface area contributed by atoms with Crippen LogP contribution in [0.2, 0.25) is 0 Å². The number of nitrogens with zero attached hydrogens (tertiary/aromatic N) is 1. The standard InChI is InChI=1S/C20H22FNO2/c21-18-8-6-17(7-9-18)15-22-12-10-20(11-13-22,19(23)24)14-16-4-2-1-3-5-16/h1-9H,10-15H2,(H,23,24). The third-order valence-electron chi connectivity index (χ3n) is 4.97. The molecule has 1 N–H and O–H groups in total. The molecule has 1 fully saturated rings. The lowest BCUT2D eigenvalue weighted by atomic mass is 9.74. The molecule has 3 nitrogen and oxygen atoms in total. The SMILES string of the molecule is O=C(O)C1(Cc2ccccc2)CCN(Cc2ccc(F)cc2)CC1. The third-order valence-corrected chi connectivity index (χ3v) is 4.97. The molecule has 4 heteroatoms. The summed E-state index contributed by atoms with van der Waals surface area (Å²) in [7, 11) is 0. The Morgan fingerprint density at radius 2 is 1.62 bits per heavy atom.